The maximum atomic E-state index is 8.28. The van der Waals surface area contributed by atoms with E-state index in [0.717, 1.165) is 18.5 Å². The average molecular weight is 172 g/mol. The molecule has 0 bridgehead atoms. The van der Waals surface area contributed by atoms with Crippen LogP contribution in [-0.4, -0.2) is 12.8 Å². The number of hydrogen-bond donors (Lipinski definition) is 0. The Kier molecular flexibility index (Phi) is 4.34. The largest absolute Gasteiger partial charge is 0.293 e. The van der Waals surface area contributed by atoms with Crippen LogP contribution in [0.3, 0.4) is 0 Å². The van der Waals surface area contributed by atoms with Gasteiger partial charge in [-0.1, -0.05) is 30.3 Å². The van der Waals surface area contributed by atoms with Gasteiger partial charge in [-0.05, 0) is 12.0 Å². The molecule has 0 amide bonds. The molecule has 0 saturated carbocycles. The highest BCUT2D eigenvalue weighted by molar-refractivity contribution is 5.79. The van der Waals surface area contributed by atoms with E-state index in [0.29, 0.717) is 6.42 Å². The molecule has 1 aromatic carbocycles. The monoisotopic (exact) mass is 172 g/mol. The smallest absolute Gasteiger partial charge is 0.0622 e. The van der Waals surface area contributed by atoms with Crippen molar-refractivity contribution in [2.24, 2.45) is 4.99 Å². The fraction of sp³-hybridized carbons (Fsp3) is 0.273. The van der Waals surface area contributed by atoms with E-state index < -0.39 is 0 Å². The van der Waals surface area contributed by atoms with Gasteiger partial charge in [0.2, 0.25) is 0 Å². The molecule has 0 aliphatic heterocycles. The summed E-state index contributed by atoms with van der Waals surface area (Å²) in [4.78, 5) is 4.20. The Bertz CT molecular complexity index is 296. The molecule has 0 atom stereocenters. The van der Waals surface area contributed by atoms with Gasteiger partial charge in [-0.25, -0.2) is 0 Å². The van der Waals surface area contributed by atoms with Gasteiger partial charge < -0.3 is 0 Å². The van der Waals surface area contributed by atoms with Gasteiger partial charge in [0.15, 0.2) is 0 Å². The number of rotatable bonds is 4. The molecule has 0 unspecified atom stereocenters. The van der Waals surface area contributed by atoms with E-state index in [1.807, 2.05) is 36.5 Å². The van der Waals surface area contributed by atoms with Crippen LogP contribution in [0.15, 0.2) is 35.3 Å². The third-order valence-electron chi connectivity index (χ3n) is 1.62. The molecule has 2 heteroatoms. The maximum Gasteiger partial charge on any atom is 0.0622 e. The zero-order chi connectivity index (χ0) is 9.36. The summed E-state index contributed by atoms with van der Waals surface area (Å²) in [7, 11) is 0. The Morgan fingerprint density at radius 3 is 2.77 bits per heavy atom. The zero-order valence-corrected chi connectivity index (χ0v) is 7.48. The predicted molar refractivity (Wildman–Crippen MR) is 53.8 cm³/mol. The predicted octanol–water partition coefficient (Wildman–Crippen LogP) is 2.41. The molecule has 0 aliphatic rings. The van der Waals surface area contributed by atoms with Gasteiger partial charge in [0.1, 0.15) is 0 Å². The summed E-state index contributed by atoms with van der Waals surface area (Å²) in [6.07, 6.45) is 3.28. The lowest BCUT2D eigenvalue weighted by atomic mass is 10.2. The second-order valence-electron chi connectivity index (χ2n) is 2.71. The van der Waals surface area contributed by atoms with Crippen molar-refractivity contribution in [2.45, 2.75) is 12.8 Å². The van der Waals surface area contributed by atoms with E-state index in [1.54, 1.807) is 0 Å². The maximum absolute atomic E-state index is 8.28. The van der Waals surface area contributed by atoms with Crippen LogP contribution in [-0.2, 0) is 0 Å². The van der Waals surface area contributed by atoms with Gasteiger partial charge in [-0.3, -0.25) is 4.99 Å². The van der Waals surface area contributed by atoms with Crippen molar-refractivity contribution >= 4 is 6.21 Å². The SMILES string of the molecule is N#CCCCN=Cc1ccccc1. The Hall–Kier alpha value is -1.62. The van der Waals surface area contributed by atoms with Crippen LogP contribution >= 0.6 is 0 Å². The lowest BCUT2D eigenvalue weighted by Gasteiger charge is -1.90. The Balaban J connectivity index is 2.29. The minimum absolute atomic E-state index is 0.589. The van der Waals surface area contributed by atoms with Gasteiger partial charge in [0.05, 0.1) is 6.07 Å². The highest BCUT2D eigenvalue weighted by atomic mass is 14.7. The summed E-state index contributed by atoms with van der Waals surface area (Å²) in [5, 5.41) is 8.28. The lowest BCUT2D eigenvalue weighted by molar-refractivity contribution is 0.866. The molecule has 1 rings (SSSR count). The quantitative estimate of drug-likeness (QED) is 0.507. The van der Waals surface area contributed by atoms with Crippen LogP contribution < -0.4 is 0 Å². The molecular formula is C11H12N2. The van der Waals surface area contributed by atoms with Gasteiger partial charge in [-0.2, -0.15) is 5.26 Å². The van der Waals surface area contributed by atoms with Crippen LogP contribution in [0, 0.1) is 11.3 Å². The molecule has 1 aromatic rings. The second-order valence-corrected chi connectivity index (χ2v) is 2.71. The standard InChI is InChI=1S/C11H12N2/c12-8-4-5-9-13-10-11-6-2-1-3-7-11/h1-3,6-7,10H,4-5,9H2. The molecule has 0 N–H and O–H groups in total. The normalized spacial score (nSPS) is 10.1. The molecule has 66 valence electrons. The molecule has 0 fully saturated rings. The molecule has 0 spiro atoms. The highest BCUT2D eigenvalue weighted by Gasteiger charge is 1.84. The van der Waals surface area contributed by atoms with Crippen LogP contribution in [0.2, 0.25) is 0 Å². The molecule has 13 heavy (non-hydrogen) atoms. The van der Waals surface area contributed by atoms with Crippen LogP contribution in [0.4, 0.5) is 0 Å². The summed E-state index contributed by atoms with van der Waals surface area (Å²) in [5.74, 6) is 0. The van der Waals surface area contributed by atoms with Gasteiger partial charge >= 0.3 is 0 Å². The fourth-order valence-electron chi connectivity index (χ4n) is 0.958. The Morgan fingerprint density at radius 1 is 1.31 bits per heavy atom. The first kappa shape index (κ1) is 9.47. The molecule has 0 radical (unpaired) electrons. The summed E-state index contributed by atoms with van der Waals surface area (Å²) < 4.78 is 0. The zero-order valence-electron chi connectivity index (χ0n) is 7.48. The third-order valence-corrected chi connectivity index (χ3v) is 1.62. The average Bonchev–Trinajstić information content (AvgIpc) is 2.19. The minimum Gasteiger partial charge on any atom is -0.293 e. The number of nitrogens with zero attached hydrogens (tertiary/aromatic N) is 2. The number of unbranched alkanes of at least 4 members (excludes halogenated alkanes) is 1. The second kappa shape index (κ2) is 5.96. The van der Waals surface area contributed by atoms with Crippen LogP contribution in [0.1, 0.15) is 18.4 Å². The highest BCUT2D eigenvalue weighted by Crippen LogP contribution is 1.94. The Morgan fingerprint density at radius 2 is 2.08 bits per heavy atom. The number of aliphatic imine (C=N–C) groups is 1. The van der Waals surface area contributed by atoms with Crippen molar-refractivity contribution in [1.29, 1.82) is 5.26 Å². The van der Waals surface area contributed by atoms with Crippen molar-refractivity contribution in [2.75, 3.05) is 6.54 Å². The molecular weight excluding hydrogens is 160 g/mol. The molecule has 2 nitrogen and oxygen atoms in total. The van der Waals surface area contributed by atoms with Crippen molar-refractivity contribution < 1.29 is 0 Å². The topological polar surface area (TPSA) is 36.1 Å². The van der Waals surface area contributed by atoms with Gasteiger partial charge in [0.25, 0.3) is 0 Å². The van der Waals surface area contributed by atoms with E-state index in [-0.39, 0.29) is 0 Å². The first-order chi connectivity index (χ1) is 6.43. The lowest BCUT2D eigenvalue weighted by Crippen LogP contribution is -1.83. The van der Waals surface area contributed by atoms with Crippen molar-refractivity contribution in [3.63, 3.8) is 0 Å². The van der Waals surface area contributed by atoms with Crippen LogP contribution in [0.25, 0.3) is 0 Å². The van der Waals surface area contributed by atoms with Gasteiger partial charge in [-0.15, -0.1) is 0 Å². The van der Waals surface area contributed by atoms with E-state index >= 15 is 0 Å². The summed E-state index contributed by atoms with van der Waals surface area (Å²) in [5.41, 5.74) is 1.11. The number of benzene rings is 1. The van der Waals surface area contributed by atoms with Crippen molar-refractivity contribution in [1.82, 2.24) is 0 Å². The van der Waals surface area contributed by atoms with Crippen LogP contribution in [0.5, 0.6) is 0 Å². The summed E-state index contributed by atoms with van der Waals surface area (Å²) in [6, 6.07) is 12.1. The van der Waals surface area contributed by atoms with Gasteiger partial charge in [0, 0.05) is 19.2 Å². The first-order valence-corrected chi connectivity index (χ1v) is 4.35. The fourth-order valence-corrected chi connectivity index (χ4v) is 0.958. The molecule has 0 saturated heterocycles. The van der Waals surface area contributed by atoms with Crippen molar-refractivity contribution in [3.05, 3.63) is 35.9 Å². The van der Waals surface area contributed by atoms with E-state index in [9.17, 15) is 0 Å². The first-order valence-electron chi connectivity index (χ1n) is 4.35. The molecule has 0 aliphatic carbocycles. The summed E-state index contributed by atoms with van der Waals surface area (Å²) in [6.45, 7) is 0.739. The number of nitriles is 1. The minimum atomic E-state index is 0.589. The third kappa shape index (κ3) is 4.07. The van der Waals surface area contributed by atoms with E-state index in [2.05, 4.69) is 11.1 Å². The molecule has 0 aromatic heterocycles. The Labute approximate surface area is 78.5 Å². The summed E-state index contributed by atoms with van der Waals surface area (Å²) >= 11 is 0. The molecule has 0 heterocycles. The number of hydrogen-bond acceptors (Lipinski definition) is 2. The van der Waals surface area contributed by atoms with E-state index in [1.165, 1.54) is 0 Å². The van der Waals surface area contributed by atoms with E-state index in [4.69, 9.17) is 5.26 Å². The van der Waals surface area contributed by atoms with Crippen molar-refractivity contribution in [3.8, 4) is 6.07 Å².